The molecule has 1 rings (SSSR count). The Kier molecular flexibility index (Phi) is 5.66. The Morgan fingerprint density at radius 1 is 1.37 bits per heavy atom. The molecule has 2 N–H and O–H groups in total. The van der Waals surface area contributed by atoms with E-state index in [1.54, 1.807) is 19.2 Å². The molecule has 6 heteroatoms. The number of aryl methyl sites for hydroxylation is 1. The molecule has 1 aromatic rings. The molecule has 0 bridgehead atoms. The van der Waals surface area contributed by atoms with Crippen LogP contribution in [0.3, 0.4) is 0 Å². The van der Waals surface area contributed by atoms with Gasteiger partial charge in [0.1, 0.15) is 12.4 Å². The highest BCUT2D eigenvalue weighted by Crippen LogP contribution is 2.18. The van der Waals surface area contributed by atoms with Gasteiger partial charge in [-0.15, -0.1) is 0 Å². The molecule has 0 saturated heterocycles. The van der Waals surface area contributed by atoms with Gasteiger partial charge >= 0.3 is 12.1 Å². The standard InChI is InChI=1S/C13H17NO5/c1-9-7-10(3-4-11(9)18-2)8-19-13(17)14-6-5-12(15)16/h3-4,7H,5-6,8H2,1-2H3,(H,14,17)(H,15,16). The van der Waals surface area contributed by atoms with Crippen molar-refractivity contribution in [2.24, 2.45) is 0 Å². The molecule has 0 unspecified atom stereocenters. The summed E-state index contributed by atoms with van der Waals surface area (Å²) in [5, 5.41) is 10.8. The van der Waals surface area contributed by atoms with E-state index >= 15 is 0 Å². The van der Waals surface area contributed by atoms with E-state index in [0.29, 0.717) is 0 Å². The third-order valence-corrected chi connectivity index (χ3v) is 2.44. The van der Waals surface area contributed by atoms with Crippen molar-refractivity contribution in [3.8, 4) is 5.75 Å². The molecule has 0 aliphatic heterocycles. The Bertz CT molecular complexity index is 458. The van der Waals surface area contributed by atoms with Crippen molar-refractivity contribution in [3.05, 3.63) is 29.3 Å². The molecule has 0 spiro atoms. The summed E-state index contributed by atoms with van der Waals surface area (Å²) in [7, 11) is 1.59. The Hall–Kier alpha value is -2.24. The van der Waals surface area contributed by atoms with Crippen LogP contribution in [0.25, 0.3) is 0 Å². The van der Waals surface area contributed by atoms with Gasteiger partial charge in [-0.05, 0) is 30.2 Å². The van der Waals surface area contributed by atoms with Gasteiger partial charge in [-0.25, -0.2) is 4.79 Å². The van der Waals surface area contributed by atoms with Crippen molar-refractivity contribution in [2.75, 3.05) is 13.7 Å². The summed E-state index contributed by atoms with van der Waals surface area (Å²) in [5.74, 6) is -0.194. The summed E-state index contributed by atoms with van der Waals surface area (Å²) >= 11 is 0. The predicted octanol–water partition coefficient (Wildman–Crippen LogP) is 1.70. The number of methoxy groups -OCH3 is 1. The van der Waals surface area contributed by atoms with Gasteiger partial charge in [-0.2, -0.15) is 0 Å². The number of alkyl carbamates (subject to hydrolysis) is 1. The lowest BCUT2D eigenvalue weighted by molar-refractivity contribution is -0.136. The number of nitrogens with one attached hydrogen (secondary N) is 1. The minimum atomic E-state index is -0.967. The van der Waals surface area contributed by atoms with E-state index in [2.05, 4.69) is 5.32 Å². The number of benzene rings is 1. The van der Waals surface area contributed by atoms with Crippen LogP contribution in [0, 0.1) is 6.92 Å². The van der Waals surface area contributed by atoms with Crippen molar-refractivity contribution < 1.29 is 24.2 Å². The molecule has 0 atom stereocenters. The van der Waals surface area contributed by atoms with Crippen molar-refractivity contribution in [1.82, 2.24) is 5.32 Å². The molecule has 0 saturated carbocycles. The van der Waals surface area contributed by atoms with Crippen LogP contribution in [0.2, 0.25) is 0 Å². The Morgan fingerprint density at radius 3 is 2.68 bits per heavy atom. The highest BCUT2D eigenvalue weighted by atomic mass is 16.5. The van der Waals surface area contributed by atoms with E-state index in [1.807, 2.05) is 13.0 Å². The van der Waals surface area contributed by atoms with E-state index in [0.717, 1.165) is 16.9 Å². The number of hydrogen-bond acceptors (Lipinski definition) is 4. The minimum Gasteiger partial charge on any atom is -0.496 e. The second kappa shape index (κ2) is 7.25. The molecule has 0 heterocycles. The average molecular weight is 267 g/mol. The molecule has 19 heavy (non-hydrogen) atoms. The van der Waals surface area contributed by atoms with Crippen LogP contribution in [0.4, 0.5) is 4.79 Å². The number of ether oxygens (including phenoxy) is 2. The topological polar surface area (TPSA) is 84.9 Å². The van der Waals surface area contributed by atoms with Crippen LogP contribution in [0.1, 0.15) is 17.5 Å². The summed E-state index contributed by atoms with van der Waals surface area (Å²) in [6, 6.07) is 5.47. The lowest BCUT2D eigenvalue weighted by Crippen LogP contribution is -2.26. The van der Waals surface area contributed by atoms with Crippen molar-refractivity contribution in [3.63, 3.8) is 0 Å². The fourth-order valence-corrected chi connectivity index (χ4v) is 1.50. The molecule has 1 aromatic carbocycles. The van der Waals surface area contributed by atoms with Gasteiger partial charge in [0.05, 0.1) is 13.5 Å². The predicted molar refractivity (Wildman–Crippen MR) is 68.2 cm³/mol. The van der Waals surface area contributed by atoms with E-state index in [1.165, 1.54) is 0 Å². The van der Waals surface area contributed by atoms with Crippen LogP contribution in [-0.2, 0) is 16.1 Å². The van der Waals surface area contributed by atoms with Crippen LogP contribution in [0.5, 0.6) is 5.75 Å². The monoisotopic (exact) mass is 267 g/mol. The molecule has 0 aromatic heterocycles. The Morgan fingerprint density at radius 2 is 2.11 bits per heavy atom. The third-order valence-electron chi connectivity index (χ3n) is 2.44. The second-order valence-corrected chi connectivity index (χ2v) is 3.95. The minimum absolute atomic E-state index is 0.0514. The zero-order valence-corrected chi connectivity index (χ0v) is 10.9. The maximum atomic E-state index is 11.3. The van der Waals surface area contributed by atoms with E-state index in [9.17, 15) is 9.59 Å². The summed E-state index contributed by atoms with van der Waals surface area (Å²) in [6.07, 6.45) is -0.758. The number of aliphatic carboxylic acids is 1. The molecular formula is C13H17NO5. The zero-order chi connectivity index (χ0) is 14.3. The van der Waals surface area contributed by atoms with Gasteiger partial charge in [-0.1, -0.05) is 6.07 Å². The Labute approximate surface area is 111 Å². The normalized spacial score (nSPS) is 9.79. The van der Waals surface area contributed by atoms with E-state index in [4.69, 9.17) is 14.6 Å². The molecule has 0 aliphatic rings. The van der Waals surface area contributed by atoms with Gasteiger partial charge in [-0.3, -0.25) is 4.79 Å². The van der Waals surface area contributed by atoms with Crippen molar-refractivity contribution in [2.45, 2.75) is 20.0 Å². The van der Waals surface area contributed by atoms with Gasteiger partial charge in [0.25, 0.3) is 0 Å². The molecule has 6 nitrogen and oxygen atoms in total. The van der Waals surface area contributed by atoms with Crippen molar-refractivity contribution in [1.29, 1.82) is 0 Å². The first kappa shape index (κ1) is 14.8. The zero-order valence-electron chi connectivity index (χ0n) is 10.9. The Balaban J connectivity index is 2.37. The van der Waals surface area contributed by atoms with Gasteiger partial charge in [0.2, 0.25) is 0 Å². The van der Waals surface area contributed by atoms with Crippen LogP contribution in [0.15, 0.2) is 18.2 Å². The fraction of sp³-hybridized carbons (Fsp3) is 0.385. The number of rotatable bonds is 6. The summed E-state index contributed by atoms with van der Waals surface area (Å²) in [4.78, 5) is 21.5. The van der Waals surface area contributed by atoms with Crippen LogP contribution >= 0.6 is 0 Å². The molecule has 1 amide bonds. The number of amides is 1. The highest BCUT2D eigenvalue weighted by molar-refractivity contribution is 5.70. The van der Waals surface area contributed by atoms with Gasteiger partial charge in [0.15, 0.2) is 0 Å². The molecule has 0 aliphatic carbocycles. The molecular weight excluding hydrogens is 250 g/mol. The third kappa shape index (κ3) is 5.29. The summed E-state index contributed by atoms with van der Waals surface area (Å²) in [6.45, 7) is 2.08. The SMILES string of the molecule is COc1ccc(COC(=O)NCCC(=O)O)cc1C. The maximum absolute atomic E-state index is 11.3. The van der Waals surface area contributed by atoms with E-state index in [-0.39, 0.29) is 19.6 Å². The van der Waals surface area contributed by atoms with Gasteiger partial charge < -0.3 is 19.9 Å². The summed E-state index contributed by atoms with van der Waals surface area (Å²) < 4.78 is 10.1. The number of hydrogen-bond donors (Lipinski definition) is 2. The van der Waals surface area contributed by atoms with E-state index < -0.39 is 12.1 Å². The molecule has 0 radical (unpaired) electrons. The smallest absolute Gasteiger partial charge is 0.407 e. The quantitative estimate of drug-likeness (QED) is 0.819. The first-order chi connectivity index (χ1) is 9.02. The second-order valence-electron chi connectivity index (χ2n) is 3.95. The fourth-order valence-electron chi connectivity index (χ4n) is 1.50. The first-order valence-electron chi connectivity index (χ1n) is 5.79. The molecule has 104 valence electrons. The van der Waals surface area contributed by atoms with Crippen molar-refractivity contribution >= 4 is 12.1 Å². The number of carboxylic acids is 1. The number of carbonyl (C=O) groups excluding carboxylic acids is 1. The number of carboxylic acid groups (broad SMARTS) is 1. The lowest BCUT2D eigenvalue weighted by Gasteiger charge is -2.09. The maximum Gasteiger partial charge on any atom is 0.407 e. The van der Waals surface area contributed by atoms with Crippen LogP contribution in [-0.4, -0.2) is 30.8 Å². The largest absolute Gasteiger partial charge is 0.496 e. The van der Waals surface area contributed by atoms with Gasteiger partial charge in [0, 0.05) is 6.54 Å². The highest BCUT2D eigenvalue weighted by Gasteiger charge is 2.05. The first-order valence-corrected chi connectivity index (χ1v) is 5.79. The van der Waals surface area contributed by atoms with Crippen LogP contribution < -0.4 is 10.1 Å². The summed E-state index contributed by atoms with van der Waals surface area (Å²) in [5.41, 5.74) is 1.79. The number of carbonyl (C=O) groups is 2. The average Bonchev–Trinajstić information content (AvgIpc) is 2.36. The molecule has 0 fully saturated rings. The lowest BCUT2D eigenvalue weighted by atomic mass is 10.1.